The van der Waals surface area contributed by atoms with Crippen molar-refractivity contribution in [1.29, 1.82) is 0 Å². The van der Waals surface area contributed by atoms with Crippen molar-refractivity contribution in [3.8, 4) is 5.75 Å². The Hall–Kier alpha value is -1.48. The minimum atomic E-state index is 0.0192. The molecule has 0 atom stereocenters. The van der Waals surface area contributed by atoms with Gasteiger partial charge in [-0.3, -0.25) is 4.79 Å². The van der Waals surface area contributed by atoms with Crippen LogP contribution in [0, 0.1) is 6.92 Å². The maximum absolute atomic E-state index is 11.3. The number of ether oxygens (including phenoxy) is 1. The Kier molecular flexibility index (Phi) is 6.29. The standard InChI is InChI=1S/C14H18ClNO2/c1-3-8-16-14(17)5-4-9-18-12-6-7-13(15)11(2)10-12/h3,6-7,10H,1,4-5,8-9H2,2H3,(H,16,17). The number of halogens is 1. The predicted molar refractivity (Wildman–Crippen MR) is 74.1 cm³/mol. The fourth-order valence-electron chi connectivity index (χ4n) is 1.40. The highest BCUT2D eigenvalue weighted by Crippen LogP contribution is 2.21. The lowest BCUT2D eigenvalue weighted by Crippen LogP contribution is -2.23. The highest BCUT2D eigenvalue weighted by Gasteiger charge is 2.01. The van der Waals surface area contributed by atoms with Gasteiger partial charge < -0.3 is 10.1 Å². The molecule has 0 saturated heterocycles. The number of amides is 1. The van der Waals surface area contributed by atoms with Crippen LogP contribution in [0.3, 0.4) is 0 Å². The van der Waals surface area contributed by atoms with Crippen LogP contribution < -0.4 is 10.1 Å². The van der Waals surface area contributed by atoms with Gasteiger partial charge in [-0.15, -0.1) is 6.58 Å². The average molecular weight is 268 g/mol. The Morgan fingerprint density at radius 3 is 3.00 bits per heavy atom. The first-order chi connectivity index (χ1) is 8.63. The van der Waals surface area contributed by atoms with Gasteiger partial charge in [0.15, 0.2) is 0 Å². The third-order valence-corrected chi connectivity index (χ3v) is 2.81. The minimum absolute atomic E-state index is 0.0192. The second-order valence-corrected chi connectivity index (χ2v) is 4.36. The van der Waals surface area contributed by atoms with Crippen LogP contribution in [0.25, 0.3) is 0 Å². The van der Waals surface area contributed by atoms with Gasteiger partial charge in [0.1, 0.15) is 5.75 Å². The van der Waals surface area contributed by atoms with Crippen LogP contribution in [0.4, 0.5) is 0 Å². The van der Waals surface area contributed by atoms with E-state index in [9.17, 15) is 4.79 Å². The van der Waals surface area contributed by atoms with Crippen molar-refractivity contribution in [2.24, 2.45) is 0 Å². The lowest BCUT2D eigenvalue weighted by molar-refractivity contribution is -0.121. The van der Waals surface area contributed by atoms with Gasteiger partial charge in [-0.1, -0.05) is 17.7 Å². The summed E-state index contributed by atoms with van der Waals surface area (Å²) in [5.41, 5.74) is 0.984. The monoisotopic (exact) mass is 267 g/mol. The smallest absolute Gasteiger partial charge is 0.220 e. The van der Waals surface area contributed by atoms with E-state index >= 15 is 0 Å². The molecule has 0 aliphatic carbocycles. The van der Waals surface area contributed by atoms with Gasteiger partial charge in [0, 0.05) is 18.0 Å². The number of hydrogen-bond donors (Lipinski definition) is 1. The van der Waals surface area contributed by atoms with Crippen LogP contribution in [0.15, 0.2) is 30.9 Å². The first-order valence-electron chi connectivity index (χ1n) is 5.90. The highest BCUT2D eigenvalue weighted by atomic mass is 35.5. The van der Waals surface area contributed by atoms with Crippen molar-refractivity contribution in [1.82, 2.24) is 5.32 Å². The van der Waals surface area contributed by atoms with E-state index in [0.29, 0.717) is 26.0 Å². The summed E-state index contributed by atoms with van der Waals surface area (Å²) in [5.74, 6) is 0.800. The molecule has 0 aliphatic heterocycles. The molecule has 0 heterocycles. The van der Waals surface area contributed by atoms with Crippen LogP contribution in [-0.2, 0) is 4.79 Å². The maximum Gasteiger partial charge on any atom is 0.220 e. The van der Waals surface area contributed by atoms with Crippen molar-refractivity contribution < 1.29 is 9.53 Å². The summed E-state index contributed by atoms with van der Waals surface area (Å²) in [5, 5.41) is 3.45. The molecule has 3 nitrogen and oxygen atoms in total. The fourth-order valence-corrected chi connectivity index (χ4v) is 1.52. The van der Waals surface area contributed by atoms with Crippen molar-refractivity contribution >= 4 is 17.5 Å². The lowest BCUT2D eigenvalue weighted by atomic mass is 10.2. The van der Waals surface area contributed by atoms with Crippen LogP contribution in [0.1, 0.15) is 18.4 Å². The molecule has 0 aliphatic rings. The molecule has 0 spiro atoms. The quantitative estimate of drug-likeness (QED) is 0.609. The molecule has 0 fully saturated rings. The number of benzene rings is 1. The first-order valence-corrected chi connectivity index (χ1v) is 6.28. The van der Waals surface area contributed by atoms with E-state index in [2.05, 4.69) is 11.9 Å². The normalized spacial score (nSPS) is 9.89. The van der Waals surface area contributed by atoms with Crippen molar-refractivity contribution in [2.45, 2.75) is 19.8 Å². The Morgan fingerprint density at radius 1 is 1.56 bits per heavy atom. The van der Waals surface area contributed by atoms with E-state index in [1.54, 1.807) is 6.08 Å². The van der Waals surface area contributed by atoms with Gasteiger partial charge >= 0.3 is 0 Å². The number of rotatable bonds is 7. The van der Waals surface area contributed by atoms with Gasteiger partial charge in [0.2, 0.25) is 5.91 Å². The third-order valence-electron chi connectivity index (χ3n) is 2.39. The molecule has 1 amide bonds. The first kappa shape index (κ1) is 14.6. The van der Waals surface area contributed by atoms with E-state index in [0.717, 1.165) is 16.3 Å². The lowest BCUT2D eigenvalue weighted by Gasteiger charge is -2.07. The number of hydrogen-bond acceptors (Lipinski definition) is 2. The van der Waals surface area contributed by atoms with E-state index in [1.807, 2.05) is 25.1 Å². The zero-order valence-electron chi connectivity index (χ0n) is 10.5. The summed E-state index contributed by atoms with van der Waals surface area (Å²) in [4.78, 5) is 11.3. The van der Waals surface area contributed by atoms with Gasteiger partial charge in [0.05, 0.1) is 6.61 Å². The Labute approximate surface area is 113 Å². The van der Waals surface area contributed by atoms with Gasteiger partial charge in [-0.05, 0) is 37.1 Å². The SMILES string of the molecule is C=CCNC(=O)CCCOc1ccc(Cl)c(C)c1. The summed E-state index contributed by atoms with van der Waals surface area (Å²) in [6, 6.07) is 5.52. The van der Waals surface area contributed by atoms with E-state index in [4.69, 9.17) is 16.3 Å². The molecule has 0 aromatic heterocycles. The summed E-state index contributed by atoms with van der Waals surface area (Å²) in [6.07, 6.45) is 2.80. The average Bonchev–Trinajstić information content (AvgIpc) is 2.36. The Bertz CT molecular complexity index is 418. The number of aryl methyl sites for hydroxylation is 1. The van der Waals surface area contributed by atoms with Crippen molar-refractivity contribution in [2.75, 3.05) is 13.2 Å². The summed E-state index contributed by atoms with van der Waals surface area (Å²) in [6.45, 7) is 6.49. The largest absolute Gasteiger partial charge is 0.494 e. The second-order valence-electron chi connectivity index (χ2n) is 3.96. The van der Waals surface area contributed by atoms with Crippen LogP contribution >= 0.6 is 11.6 Å². The summed E-state index contributed by atoms with van der Waals surface area (Å²) in [7, 11) is 0. The van der Waals surface area contributed by atoms with Crippen LogP contribution in [0.2, 0.25) is 5.02 Å². The third kappa shape index (κ3) is 5.23. The molecule has 18 heavy (non-hydrogen) atoms. The Balaban J connectivity index is 2.23. The van der Waals surface area contributed by atoms with Crippen molar-refractivity contribution in [3.63, 3.8) is 0 Å². The number of carbonyl (C=O) groups excluding carboxylic acids is 1. The zero-order chi connectivity index (χ0) is 13.4. The van der Waals surface area contributed by atoms with E-state index < -0.39 is 0 Å². The van der Waals surface area contributed by atoms with Gasteiger partial charge in [0.25, 0.3) is 0 Å². The molecule has 0 saturated carbocycles. The predicted octanol–water partition coefficient (Wildman–Crippen LogP) is 3.11. The minimum Gasteiger partial charge on any atom is -0.494 e. The van der Waals surface area contributed by atoms with Crippen molar-refractivity contribution in [3.05, 3.63) is 41.4 Å². The summed E-state index contributed by atoms with van der Waals surface area (Å²) < 4.78 is 5.54. The summed E-state index contributed by atoms with van der Waals surface area (Å²) >= 11 is 5.92. The molecular formula is C14H18ClNO2. The van der Waals surface area contributed by atoms with Gasteiger partial charge in [-0.2, -0.15) is 0 Å². The molecule has 0 radical (unpaired) electrons. The Morgan fingerprint density at radius 2 is 2.33 bits per heavy atom. The van der Waals surface area contributed by atoms with Crippen LogP contribution in [0.5, 0.6) is 5.75 Å². The number of carbonyl (C=O) groups is 1. The zero-order valence-corrected chi connectivity index (χ0v) is 11.3. The van der Waals surface area contributed by atoms with Crippen LogP contribution in [-0.4, -0.2) is 19.1 Å². The molecule has 98 valence electrons. The van der Waals surface area contributed by atoms with Gasteiger partial charge in [-0.25, -0.2) is 0 Å². The second kappa shape index (κ2) is 7.77. The molecule has 1 aromatic rings. The molecule has 4 heteroatoms. The highest BCUT2D eigenvalue weighted by molar-refractivity contribution is 6.31. The molecule has 0 unspecified atom stereocenters. The molecule has 1 rings (SSSR count). The maximum atomic E-state index is 11.3. The van der Waals surface area contributed by atoms with E-state index in [-0.39, 0.29) is 5.91 Å². The number of nitrogens with one attached hydrogen (secondary N) is 1. The molecular weight excluding hydrogens is 250 g/mol. The molecule has 1 N–H and O–H groups in total. The molecule has 1 aromatic carbocycles. The van der Waals surface area contributed by atoms with E-state index in [1.165, 1.54) is 0 Å². The topological polar surface area (TPSA) is 38.3 Å². The molecule has 0 bridgehead atoms. The fraction of sp³-hybridized carbons (Fsp3) is 0.357.